The molecule has 0 heterocycles. The fourth-order valence-electron chi connectivity index (χ4n) is 0.842. The molecule has 0 spiro atoms. The molecular formula is C8H5BrF2O. The van der Waals surface area contributed by atoms with Crippen molar-refractivity contribution in [1.29, 1.82) is 0 Å². The van der Waals surface area contributed by atoms with Crippen molar-refractivity contribution in [2.24, 2.45) is 0 Å². The Labute approximate surface area is 76.5 Å². The van der Waals surface area contributed by atoms with Crippen LogP contribution in [0, 0.1) is 11.6 Å². The van der Waals surface area contributed by atoms with Gasteiger partial charge in [-0.3, -0.25) is 0 Å². The van der Waals surface area contributed by atoms with Crippen molar-refractivity contribution in [1.82, 2.24) is 0 Å². The smallest absolute Gasteiger partial charge is 0.138 e. The molecule has 4 heteroatoms. The highest BCUT2D eigenvalue weighted by Gasteiger charge is 2.15. The van der Waals surface area contributed by atoms with Crippen LogP contribution in [0.25, 0.3) is 0 Å². The third-order valence-electron chi connectivity index (χ3n) is 1.39. The molecule has 1 nitrogen and oxygen atoms in total. The first kappa shape index (κ1) is 9.32. The number of aldehydes is 1. The predicted octanol–water partition coefficient (Wildman–Crippen LogP) is 2.60. The summed E-state index contributed by atoms with van der Waals surface area (Å²) in [5.41, 5.74) is -0.243. The molecule has 0 aliphatic rings. The predicted molar refractivity (Wildman–Crippen MR) is 44.1 cm³/mol. The second-order valence-electron chi connectivity index (χ2n) is 2.17. The van der Waals surface area contributed by atoms with Crippen molar-refractivity contribution in [3.63, 3.8) is 0 Å². The van der Waals surface area contributed by atoms with E-state index in [9.17, 15) is 13.6 Å². The summed E-state index contributed by atoms with van der Waals surface area (Å²) in [6, 6.07) is 3.46. The Kier molecular flexibility index (Phi) is 2.92. The van der Waals surface area contributed by atoms with Gasteiger partial charge < -0.3 is 4.79 Å². The molecule has 0 aliphatic heterocycles. The minimum absolute atomic E-state index is 0.243. The van der Waals surface area contributed by atoms with Gasteiger partial charge in [-0.25, -0.2) is 8.78 Å². The molecule has 0 N–H and O–H groups in total. The van der Waals surface area contributed by atoms with E-state index in [1.807, 2.05) is 0 Å². The van der Waals surface area contributed by atoms with Crippen LogP contribution in [0.1, 0.15) is 10.4 Å². The lowest BCUT2D eigenvalue weighted by Gasteiger charge is -2.04. The molecule has 0 aliphatic carbocycles. The van der Waals surface area contributed by atoms with Crippen LogP contribution in [0.2, 0.25) is 0 Å². The molecule has 0 fully saturated rings. The number of hydrogen-bond donors (Lipinski definition) is 0. The molecule has 0 radical (unpaired) electrons. The Bertz CT molecular complexity index is 281. The van der Waals surface area contributed by atoms with Crippen LogP contribution < -0.4 is 0 Å². The Hall–Kier alpha value is -0.770. The molecule has 0 aromatic heterocycles. The summed E-state index contributed by atoms with van der Waals surface area (Å²) in [6.07, 6.45) is 0.432. The fourth-order valence-corrected chi connectivity index (χ4v) is 1.28. The van der Waals surface area contributed by atoms with Gasteiger partial charge >= 0.3 is 0 Å². The molecule has 0 amide bonds. The van der Waals surface area contributed by atoms with Crippen molar-refractivity contribution >= 4 is 22.2 Å². The van der Waals surface area contributed by atoms with E-state index < -0.39 is 16.5 Å². The largest absolute Gasteiger partial charge is 0.302 e. The van der Waals surface area contributed by atoms with Crippen LogP contribution in [-0.2, 0) is 4.79 Å². The van der Waals surface area contributed by atoms with E-state index in [1.165, 1.54) is 6.07 Å². The van der Waals surface area contributed by atoms with E-state index in [2.05, 4.69) is 15.9 Å². The number of alkyl halides is 1. The SMILES string of the molecule is O=CC(Br)c1c(F)cccc1F. The second-order valence-corrected chi connectivity index (χ2v) is 3.16. The van der Waals surface area contributed by atoms with Gasteiger partial charge in [-0.2, -0.15) is 0 Å². The van der Waals surface area contributed by atoms with Crippen LogP contribution >= 0.6 is 15.9 Å². The summed E-state index contributed by atoms with van der Waals surface area (Å²) >= 11 is 2.84. The number of carbonyl (C=O) groups is 1. The van der Waals surface area contributed by atoms with Crippen LogP contribution in [-0.4, -0.2) is 6.29 Å². The average Bonchev–Trinajstić information content (AvgIpc) is 2.03. The van der Waals surface area contributed by atoms with E-state index in [0.717, 1.165) is 12.1 Å². The van der Waals surface area contributed by atoms with E-state index in [0.29, 0.717) is 6.29 Å². The Morgan fingerprint density at radius 1 is 1.33 bits per heavy atom. The normalized spacial score (nSPS) is 12.6. The molecule has 1 aromatic rings. The third-order valence-corrected chi connectivity index (χ3v) is 2.07. The summed E-state index contributed by atoms with van der Waals surface area (Å²) < 4.78 is 25.7. The van der Waals surface area contributed by atoms with Gasteiger partial charge in [0.25, 0.3) is 0 Å². The molecule has 0 saturated heterocycles. The Morgan fingerprint density at radius 2 is 1.83 bits per heavy atom. The highest BCUT2D eigenvalue weighted by molar-refractivity contribution is 9.09. The molecule has 1 rings (SSSR count). The molecule has 1 unspecified atom stereocenters. The van der Waals surface area contributed by atoms with Crippen molar-refractivity contribution in [3.8, 4) is 0 Å². The monoisotopic (exact) mass is 234 g/mol. The minimum atomic E-state index is -0.918. The van der Waals surface area contributed by atoms with Crippen molar-refractivity contribution in [3.05, 3.63) is 35.4 Å². The van der Waals surface area contributed by atoms with Crippen molar-refractivity contribution in [2.75, 3.05) is 0 Å². The molecule has 0 bridgehead atoms. The zero-order valence-electron chi connectivity index (χ0n) is 5.93. The quantitative estimate of drug-likeness (QED) is 0.568. The van der Waals surface area contributed by atoms with Gasteiger partial charge in [-0.1, -0.05) is 22.0 Å². The van der Waals surface area contributed by atoms with Gasteiger partial charge in [0.1, 0.15) is 22.7 Å². The lowest BCUT2D eigenvalue weighted by Crippen LogP contribution is -1.99. The van der Waals surface area contributed by atoms with Crippen molar-refractivity contribution < 1.29 is 13.6 Å². The van der Waals surface area contributed by atoms with Gasteiger partial charge in [0.15, 0.2) is 0 Å². The lowest BCUT2D eigenvalue weighted by atomic mass is 10.1. The maximum Gasteiger partial charge on any atom is 0.138 e. The topological polar surface area (TPSA) is 17.1 Å². The number of benzene rings is 1. The first-order valence-electron chi connectivity index (χ1n) is 3.20. The summed E-state index contributed by atoms with van der Waals surface area (Å²) in [5, 5.41) is 0. The third kappa shape index (κ3) is 1.69. The maximum atomic E-state index is 12.9. The van der Waals surface area contributed by atoms with Gasteiger partial charge in [0.05, 0.1) is 0 Å². The fraction of sp³-hybridized carbons (Fsp3) is 0.125. The van der Waals surface area contributed by atoms with Crippen molar-refractivity contribution in [2.45, 2.75) is 4.83 Å². The molecule has 0 saturated carbocycles. The molecule has 12 heavy (non-hydrogen) atoms. The number of rotatable bonds is 2. The van der Waals surface area contributed by atoms with E-state index in [-0.39, 0.29) is 5.56 Å². The van der Waals surface area contributed by atoms with E-state index in [1.54, 1.807) is 0 Å². The first-order chi connectivity index (χ1) is 5.66. The van der Waals surface area contributed by atoms with Crippen LogP contribution in [0.4, 0.5) is 8.78 Å². The number of carbonyl (C=O) groups excluding carboxylic acids is 1. The first-order valence-corrected chi connectivity index (χ1v) is 4.11. The molecule has 1 atom stereocenters. The number of halogens is 3. The summed E-state index contributed by atoms with van der Waals surface area (Å²) in [7, 11) is 0. The van der Waals surface area contributed by atoms with Gasteiger partial charge in [-0.15, -0.1) is 0 Å². The summed E-state index contributed by atoms with van der Waals surface area (Å²) in [5.74, 6) is -1.44. The van der Waals surface area contributed by atoms with Crippen LogP contribution in [0.5, 0.6) is 0 Å². The molecule has 64 valence electrons. The molecular weight excluding hydrogens is 230 g/mol. The molecule has 1 aromatic carbocycles. The van der Waals surface area contributed by atoms with Gasteiger partial charge in [-0.05, 0) is 12.1 Å². The average molecular weight is 235 g/mol. The van der Waals surface area contributed by atoms with E-state index >= 15 is 0 Å². The lowest BCUT2D eigenvalue weighted by molar-refractivity contribution is -0.107. The van der Waals surface area contributed by atoms with Gasteiger partial charge in [0, 0.05) is 5.56 Å². The highest BCUT2D eigenvalue weighted by Crippen LogP contribution is 2.25. The summed E-state index contributed by atoms with van der Waals surface area (Å²) in [4.78, 5) is 9.31. The maximum absolute atomic E-state index is 12.9. The minimum Gasteiger partial charge on any atom is -0.302 e. The summed E-state index contributed by atoms with van der Waals surface area (Å²) in [6.45, 7) is 0. The van der Waals surface area contributed by atoms with Crippen LogP contribution in [0.3, 0.4) is 0 Å². The highest BCUT2D eigenvalue weighted by atomic mass is 79.9. The zero-order valence-corrected chi connectivity index (χ0v) is 7.51. The standard InChI is InChI=1S/C8H5BrF2O/c9-5(4-12)8-6(10)2-1-3-7(8)11/h1-5H. The van der Waals surface area contributed by atoms with E-state index in [4.69, 9.17) is 0 Å². The van der Waals surface area contributed by atoms with Crippen LogP contribution in [0.15, 0.2) is 18.2 Å². The Balaban J connectivity index is 3.20. The second kappa shape index (κ2) is 3.76. The zero-order chi connectivity index (χ0) is 9.14. The van der Waals surface area contributed by atoms with Gasteiger partial charge in [0.2, 0.25) is 0 Å². The number of hydrogen-bond acceptors (Lipinski definition) is 1. The Morgan fingerprint density at radius 3 is 2.25 bits per heavy atom.